The van der Waals surface area contributed by atoms with Gasteiger partial charge in [-0.15, -0.1) is 0 Å². The van der Waals surface area contributed by atoms with Crippen molar-refractivity contribution >= 4 is 17.7 Å². The lowest BCUT2D eigenvalue weighted by Gasteiger charge is -2.34. The maximum Gasteiger partial charge on any atom is 0.339 e. The number of carbonyl (C=O) groups excluding carboxylic acids is 3. The Balaban J connectivity index is 1.93. The molecule has 1 aromatic carbocycles. The second kappa shape index (κ2) is 4.98. The van der Waals surface area contributed by atoms with Crippen LogP contribution in [0.4, 0.5) is 0 Å². The summed E-state index contributed by atoms with van der Waals surface area (Å²) in [6.45, 7) is 0. The molecule has 1 amide bonds. The first-order chi connectivity index (χ1) is 10.1. The lowest BCUT2D eigenvalue weighted by atomic mass is 9.79. The minimum Gasteiger partial charge on any atom is -0.467 e. The van der Waals surface area contributed by atoms with Crippen molar-refractivity contribution in [1.29, 1.82) is 0 Å². The number of fused-ring (bicyclic) bond motifs is 2. The van der Waals surface area contributed by atoms with E-state index in [0.29, 0.717) is 12.0 Å². The maximum atomic E-state index is 12.5. The summed E-state index contributed by atoms with van der Waals surface area (Å²) in [6.07, 6.45) is 2.22. The summed E-state index contributed by atoms with van der Waals surface area (Å²) < 4.78 is 4.82. The Bertz CT molecular complexity index is 598. The zero-order chi connectivity index (χ0) is 15.0. The number of hydrogen-bond acceptors (Lipinski definition) is 4. The highest BCUT2D eigenvalue weighted by molar-refractivity contribution is 6.15. The van der Waals surface area contributed by atoms with Crippen molar-refractivity contribution < 1.29 is 19.1 Å². The van der Waals surface area contributed by atoms with Crippen molar-refractivity contribution in [2.45, 2.75) is 24.8 Å². The molecule has 0 heterocycles. The number of nitrogens with one attached hydrogen (secondary N) is 1. The first-order valence-corrected chi connectivity index (χ1v) is 7.10. The van der Waals surface area contributed by atoms with E-state index in [1.165, 1.54) is 7.11 Å². The minimum atomic E-state index is -1.50. The number of hydrogen-bond donors (Lipinski definition) is 1. The molecule has 2 bridgehead atoms. The van der Waals surface area contributed by atoms with Crippen LogP contribution in [-0.2, 0) is 14.3 Å². The van der Waals surface area contributed by atoms with E-state index >= 15 is 0 Å². The number of ketones is 1. The summed E-state index contributed by atoms with van der Waals surface area (Å²) in [6, 6.07) is 8.58. The number of rotatable bonds is 3. The summed E-state index contributed by atoms with van der Waals surface area (Å²) in [5.41, 5.74) is -1.07. The third-order valence-electron chi connectivity index (χ3n) is 4.66. The highest BCUT2D eigenvalue weighted by Crippen LogP contribution is 2.48. The molecule has 110 valence electrons. The molecule has 2 fully saturated rings. The van der Waals surface area contributed by atoms with Gasteiger partial charge in [-0.25, -0.2) is 4.79 Å². The van der Waals surface area contributed by atoms with Crippen LogP contribution in [0, 0.1) is 11.8 Å². The van der Waals surface area contributed by atoms with Crippen molar-refractivity contribution in [2.75, 3.05) is 7.11 Å². The zero-order valence-corrected chi connectivity index (χ0v) is 11.8. The van der Waals surface area contributed by atoms with Crippen LogP contribution in [0.15, 0.2) is 30.3 Å². The van der Waals surface area contributed by atoms with Gasteiger partial charge in [-0.2, -0.15) is 0 Å². The van der Waals surface area contributed by atoms with Crippen LogP contribution in [0.5, 0.6) is 0 Å². The van der Waals surface area contributed by atoms with Crippen LogP contribution in [0.2, 0.25) is 0 Å². The van der Waals surface area contributed by atoms with Gasteiger partial charge in [-0.1, -0.05) is 18.2 Å². The molecule has 21 heavy (non-hydrogen) atoms. The second-order valence-electron chi connectivity index (χ2n) is 5.69. The minimum absolute atomic E-state index is 0.134. The first-order valence-electron chi connectivity index (χ1n) is 7.10. The molecule has 0 radical (unpaired) electrons. The van der Waals surface area contributed by atoms with Gasteiger partial charge in [0.1, 0.15) is 0 Å². The monoisotopic (exact) mass is 287 g/mol. The van der Waals surface area contributed by atoms with E-state index in [-0.39, 0.29) is 17.6 Å². The number of benzene rings is 1. The topological polar surface area (TPSA) is 72.5 Å². The quantitative estimate of drug-likeness (QED) is 0.672. The first kappa shape index (κ1) is 13.8. The number of ether oxygens (including phenoxy) is 1. The molecule has 0 spiro atoms. The Kier molecular flexibility index (Phi) is 3.27. The van der Waals surface area contributed by atoms with Crippen LogP contribution >= 0.6 is 0 Å². The van der Waals surface area contributed by atoms with E-state index in [2.05, 4.69) is 5.32 Å². The van der Waals surface area contributed by atoms with E-state index in [4.69, 9.17) is 4.74 Å². The Labute approximate surface area is 122 Å². The van der Waals surface area contributed by atoms with Crippen molar-refractivity contribution in [3.63, 3.8) is 0 Å². The van der Waals surface area contributed by atoms with Crippen LogP contribution in [0.3, 0.4) is 0 Å². The maximum absolute atomic E-state index is 12.5. The summed E-state index contributed by atoms with van der Waals surface area (Å²) in [5, 5.41) is 2.68. The van der Waals surface area contributed by atoms with Gasteiger partial charge in [0.05, 0.1) is 7.11 Å². The number of Topliss-reactive ketones (excluding diaryl/α,β-unsaturated/α-hetero) is 1. The predicted octanol–water partition coefficient (Wildman–Crippen LogP) is 1.33. The highest BCUT2D eigenvalue weighted by Gasteiger charge is 2.64. The molecule has 5 nitrogen and oxygen atoms in total. The van der Waals surface area contributed by atoms with E-state index in [0.717, 1.165) is 12.8 Å². The van der Waals surface area contributed by atoms with Crippen molar-refractivity contribution in [3.05, 3.63) is 35.9 Å². The van der Waals surface area contributed by atoms with Gasteiger partial charge in [0.25, 0.3) is 5.91 Å². The van der Waals surface area contributed by atoms with Crippen molar-refractivity contribution in [1.82, 2.24) is 5.32 Å². The highest BCUT2D eigenvalue weighted by atomic mass is 16.5. The van der Waals surface area contributed by atoms with Gasteiger partial charge < -0.3 is 10.1 Å². The fraction of sp³-hybridized carbons (Fsp3) is 0.438. The third kappa shape index (κ3) is 1.95. The molecule has 2 aliphatic rings. The Morgan fingerprint density at radius 1 is 1.24 bits per heavy atom. The molecule has 2 aliphatic carbocycles. The summed E-state index contributed by atoms with van der Waals surface area (Å²) >= 11 is 0. The van der Waals surface area contributed by atoms with E-state index in [9.17, 15) is 14.4 Å². The largest absolute Gasteiger partial charge is 0.467 e. The fourth-order valence-electron chi connectivity index (χ4n) is 3.62. The Hall–Kier alpha value is -2.17. The average Bonchev–Trinajstić information content (AvgIpc) is 3.10. The lowest BCUT2D eigenvalue weighted by molar-refractivity contribution is -0.155. The summed E-state index contributed by atoms with van der Waals surface area (Å²) in [4.78, 5) is 37.2. The van der Waals surface area contributed by atoms with Crippen LogP contribution in [0.25, 0.3) is 0 Å². The van der Waals surface area contributed by atoms with Crippen LogP contribution in [0.1, 0.15) is 29.6 Å². The molecule has 0 aliphatic heterocycles. The molecule has 1 N–H and O–H groups in total. The predicted molar refractivity (Wildman–Crippen MR) is 74.5 cm³/mol. The molecule has 3 atom stereocenters. The van der Waals surface area contributed by atoms with Crippen molar-refractivity contribution in [3.8, 4) is 0 Å². The van der Waals surface area contributed by atoms with Gasteiger partial charge in [0.15, 0.2) is 5.78 Å². The average molecular weight is 287 g/mol. The SMILES string of the molecule is COC(=O)[C@]1(NC(=O)c2ccccc2)C(=O)[C@@H]2CC[C@H]1C2. The standard InChI is InChI=1S/C16H17NO4/c1-21-15(20)16(12-8-7-11(9-12)13(16)18)17-14(19)10-5-3-2-4-6-10/h2-6,11-12H,7-9H2,1H3,(H,17,19)/t11-,12+,16-/m1/s1. The summed E-state index contributed by atoms with van der Waals surface area (Å²) in [7, 11) is 1.25. The lowest BCUT2D eigenvalue weighted by Crippen LogP contribution is -2.63. The number of methoxy groups -OCH3 is 1. The Morgan fingerprint density at radius 2 is 1.95 bits per heavy atom. The third-order valence-corrected chi connectivity index (χ3v) is 4.66. The molecule has 1 aromatic rings. The van der Waals surface area contributed by atoms with E-state index in [1.54, 1.807) is 30.3 Å². The number of esters is 1. The van der Waals surface area contributed by atoms with Crippen LogP contribution in [-0.4, -0.2) is 30.3 Å². The van der Waals surface area contributed by atoms with Gasteiger partial charge in [0, 0.05) is 17.4 Å². The molecular formula is C16H17NO4. The fourth-order valence-corrected chi connectivity index (χ4v) is 3.62. The Morgan fingerprint density at radius 3 is 2.52 bits per heavy atom. The normalized spacial score (nSPS) is 30.2. The smallest absolute Gasteiger partial charge is 0.339 e. The van der Waals surface area contributed by atoms with Gasteiger partial charge in [-0.05, 0) is 31.4 Å². The van der Waals surface area contributed by atoms with Gasteiger partial charge in [0.2, 0.25) is 5.54 Å². The second-order valence-corrected chi connectivity index (χ2v) is 5.69. The molecule has 2 saturated carbocycles. The van der Waals surface area contributed by atoms with E-state index < -0.39 is 17.4 Å². The number of amides is 1. The van der Waals surface area contributed by atoms with Gasteiger partial charge >= 0.3 is 5.97 Å². The number of carbonyl (C=O) groups is 3. The summed E-state index contributed by atoms with van der Waals surface area (Å²) in [5.74, 6) is -1.55. The molecule has 0 unspecified atom stereocenters. The molecule has 0 aromatic heterocycles. The molecule has 0 saturated heterocycles. The van der Waals surface area contributed by atoms with Crippen molar-refractivity contribution in [2.24, 2.45) is 11.8 Å². The van der Waals surface area contributed by atoms with E-state index in [1.807, 2.05) is 0 Å². The van der Waals surface area contributed by atoms with Gasteiger partial charge in [-0.3, -0.25) is 9.59 Å². The van der Waals surface area contributed by atoms with Crippen LogP contribution < -0.4 is 5.32 Å². The molecular weight excluding hydrogens is 270 g/mol. The zero-order valence-electron chi connectivity index (χ0n) is 11.8. The molecule has 5 heteroatoms. The molecule has 3 rings (SSSR count).